The van der Waals surface area contributed by atoms with E-state index in [9.17, 15) is 9.59 Å². The number of rotatable bonds is 10. The lowest BCUT2D eigenvalue weighted by molar-refractivity contribution is 0.0949. The summed E-state index contributed by atoms with van der Waals surface area (Å²) in [5.74, 6) is -0.00611. The van der Waals surface area contributed by atoms with Crippen LogP contribution in [0.25, 0.3) is 0 Å². The molecule has 0 unspecified atom stereocenters. The third kappa shape index (κ3) is 6.51. The Morgan fingerprint density at radius 2 is 1.60 bits per heavy atom. The minimum absolute atomic E-state index is 0.0939. The molecule has 0 aromatic heterocycles. The molecule has 0 saturated carbocycles. The van der Waals surface area contributed by atoms with Gasteiger partial charge in [-0.1, -0.05) is 62.2 Å². The van der Waals surface area contributed by atoms with E-state index in [1.54, 1.807) is 12.1 Å². The lowest BCUT2D eigenvalue weighted by atomic mass is 10.1. The fourth-order valence-corrected chi connectivity index (χ4v) is 2.49. The third-order valence-electron chi connectivity index (χ3n) is 4.01. The maximum Gasteiger partial charge on any atom is 0.251 e. The van der Waals surface area contributed by atoms with Crippen LogP contribution in [-0.2, 0) is 6.54 Å². The van der Waals surface area contributed by atoms with Crippen LogP contribution >= 0.6 is 0 Å². The average Bonchev–Trinajstić information content (AvgIpc) is 2.67. The van der Waals surface area contributed by atoms with E-state index in [0.29, 0.717) is 24.2 Å². The predicted octanol–water partition coefficient (Wildman–Crippen LogP) is 3.58. The number of ketones is 1. The lowest BCUT2D eigenvalue weighted by Crippen LogP contribution is -2.24. The van der Waals surface area contributed by atoms with Gasteiger partial charge in [-0.3, -0.25) is 9.59 Å². The molecule has 0 radical (unpaired) electrons. The van der Waals surface area contributed by atoms with E-state index in [-0.39, 0.29) is 11.7 Å². The Bertz CT molecular complexity index is 666. The Labute approximate surface area is 149 Å². The maximum absolute atomic E-state index is 12.1. The molecule has 0 aliphatic heterocycles. The molecule has 2 aromatic rings. The Morgan fingerprint density at radius 3 is 2.28 bits per heavy atom. The fourth-order valence-electron chi connectivity index (χ4n) is 2.49. The number of Topliss-reactive ketones (excluding diaryl/α,β-unsaturated/α-hetero) is 1. The molecule has 0 atom stereocenters. The van der Waals surface area contributed by atoms with Gasteiger partial charge in [0.05, 0.1) is 6.54 Å². The zero-order valence-corrected chi connectivity index (χ0v) is 14.8. The highest BCUT2D eigenvalue weighted by Gasteiger charge is 2.07. The van der Waals surface area contributed by atoms with Crippen molar-refractivity contribution in [3.63, 3.8) is 0 Å². The van der Waals surface area contributed by atoms with E-state index in [0.717, 1.165) is 18.5 Å². The first-order valence-corrected chi connectivity index (χ1v) is 8.87. The van der Waals surface area contributed by atoms with Gasteiger partial charge in [0.1, 0.15) is 0 Å². The molecule has 0 bridgehead atoms. The monoisotopic (exact) mass is 338 g/mol. The third-order valence-corrected chi connectivity index (χ3v) is 4.01. The quantitative estimate of drug-likeness (QED) is 0.514. The molecular formula is C21H26N2O2. The van der Waals surface area contributed by atoms with Crippen molar-refractivity contribution in [2.24, 2.45) is 0 Å². The molecule has 132 valence electrons. The van der Waals surface area contributed by atoms with Crippen LogP contribution in [0.4, 0.5) is 0 Å². The van der Waals surface area contributed by atoms with Gasteiger partial charge in [0, 0.05) is 17.7 Å². The Balaban J connectivity index is 1.77. The summed E-state index contributed by atoms with van der Waals surface area (Å²) in [4.78, 5) is 24.1. The van der Waals surface area contributed by atoms with E-state index in [1.807, 2.05) is 42.5 Å². The Morgan fingerprint density at radius 1 is 0.880 bits per heavy atom. The van der Waals surface area contributed by atoms with Crippen molar-refractivity contribution in [3.05, 3.63) is 71.3 Å². The molecule has 25 heavy (non-hydrogen) atoms. The molecule has 0 heterocycles. The van der Waals surface area contributed by atoms with Crippen LogP contribution in [-0.4, -0.2) is 24.8 Å². The second-order valence-corrected chi connectivity index (χ2v) is 6.05. The summed E-state index contributed by atoms with van der Waals surface area (Å²) in [6.45, 7) is 3.85. The summed E-state index contributed by atoms with van der Waals surface area (Å²) >= 11 is 0. The molecule has 0 aliphatic rings. The summed E-state index contributed by atoms with van der Waals surface area (Å²) in [6, 6.07) is 16.5. The van der Waals surface area contributed by atoms with Crippen LogP contribution in [0.2, 0.25) is 0 Å². The van der Waals surface area contributed by atoms with Crippen molar-refractivity contribution in [1.82, 2.24) is 10.6 Å². The van der Waals surface area contributed by atoms with Gasteiger partial charge in [-0.2, -0.15) is 0 Å². The van der Waals surface area contributed by atoms with Crippen molar-refractivity contribution in [3.8, 4) is 0 Å². The topological polar surface area (TPSA) is 58.2 Å². The van der Waals surface area contributed by atoms with Gasteiger partial charge in [0.25, 0.3) is 5.91 Å². The van der Waals surface area contributed by atoms with E-state index < -0.39 is 0 Å². The summed E-state index contributed by atoms with van der Waals surface area (Å²) in [7, 11) is 0. The van der Waals surface area contributed by atoms with Crippen LogP contribution < -0.4 is 10.6 Å². The van der Waals surface area contributed by atoms with Crippen molar-refractivity contribution >= 4 is 11.7 Å². The van der Waals surface area contributed by atoms with Crippen LogP contribution in [0.5, 0.6) is 0 Å². The number of amides is 1. The van der Waals surface area contributed by atoms with Gasteiger partial charge in [0.15, 0.2) is 5.78 Å². The number of benzene rings is 2. The number of carbonyl (C=O) groups excluding carboxylic acids is 2. The number of carbonyl (C=O) groups is 2. The van der Waals surface area contributed by atoms with E-state index in [4.69, 9.17) is 0 Å². The number of hydrogen-bond acceptors (Lipinski definition) is 3. The highest BCUT2D eigenvalue weighted by molar-refractivity contribution is 5.97. The summed E-state index contributed by atoms with van der Waals surface area (Å²) in [5, 5.41) is 6.07. The van der Waals surface area contributed by atoms with E-state index >= 15 is 0 Å². The Hall–Kier alpha value is -2.46. The van der Waals surface area contributed by atoms with Crippen molar-refractivity contribution in [1.29, 1.82) is 0 Å². The van der Waals surface area contributed by atoms with Crippen LogP contribution in [0.3, 0.4) is 0 Å². The summed E-state index contributed by atoms with van der Waals surface area (Å²) < 4.78 is 0. The summed E-state index contributed by atoms with van der Waals surface area (Å²) in [5.41, 5.74) is 2.31. The second-order valence-electron chi connectivity index (χ2n) is 6.05. The molecule has 0 saturated heterocycles. The normalized spacial score (nSPS) is 10.4. The van der Waals surface area contributed by atoms with Crippen molar-refractivity contribution in [2.75, 3.05) is 13.1 Å². The van der Waals surface area contributed by atoms with Gasteiger partial charge < -0.3 is 10.6 Å². The molecule has 0 spiro atoms. The molecule has 4 heteroatoms. The van der Waals surface area contributed by atoms with E-state index in [2.05, 4.69) is 17.6 Å². The van der Waals surface area contributed by atoms with Gasteiger partial charge in [0.2, 0.25) is 0 Å². The second kappa shape index (κ2) is 10.4. The molecule has 2 rings (SSSR count). The van der Waals surface area contributed by atoms with Crippen LogP contribution in [0.1, 0.15) is 52.5 Å². The molecule has 0 fully saturated rings. The highest BCUT2D eigenvalue weighted by Crippen LogP contribution is 2.06. The smallest absolute Gasteiger partial charge is 0.251 e. The average molecular weight is 338 g/mol. The number of hydrogen-bond donors (Lipinski definition) is 2. The van der Waals surface area contributed by atoms with Gasteiger partial charge >= 0.3 is 0 Å². The first-order valence-electron chi connectivity index (χ1n) is 8.87. The lowest BCUT2D eigenvalue weighted by Gasteiger charge is -2.07. The zero-order valence-electron chi connectivity index (χ0n) is 14.8. The van der Waals surface area contributed by atoms with Crippen molar-refractivity contribution < 1.29 is 9.59 Å². The minimum atomic E-state index is -0.1000. The minimum Gasteiger partial charge on any atom is -0.348 e. The van der Waals surface area contributed by atoms with Crippen molar-refractivity contribution in [2.45, 2.75) is 32.7 Å². The van der Waals surface area contributed by atoms with Gasteiger partial charge in [-0.05, 0) is 30.7 Å². The van der Waals surface area contributed by atoms with Crippen LogP contribution in [0, 0.1) is 0 Å². The number of nitrogens with one attached hydrogen (secondary N) is 2. The molecule has 0 aliphatic carbocycles. The zero-order chi connectivity index (χ0) is 17.9. The Kier molecular flexibility index (Phi) is 7.86. The van der Waals surface area contributed by atoms with E-state index in [1.165, 1.54) is 12.8 Å². The summed E-state index contributed by atoms with van der Waals surface area (Å²) in [6.07, 6.45) is 3.46. The molecule has 2 N–H and O–H groups in total. The first-order chi connectivity index (χ1) is 12.2. The largest absolute Gasteiger partial charge is 0.348 e. The SMILES string of the molecule is CCCCCNCC(=O)c1ccc(CNC(=O)c2ccccc2)cc1. The van der Waals surface area contributed by atoms with Gasteiger partial charge in [-0.15, -0.1) is 0 Å². The molecule has 4 nitrogen and oxygen atoms in total. The predicted molar refractivity (Wildman–Crippen MR) is 101 cm³/mol. The van der Waals surface area contributed by atoms with Crippen LogP contribution in [0.15, 0.2) is 54.6 Å². The molecule has 2 aromatic carbocycles. The molecule has 1 amide bonds. The maximum atomic E-state index is 12.1. The fraction of sp³-hybridized carbons (Fsp3) is 0.333. The first kappa shape index (κ1) is 18.9. The highest BCUT2D eigenvalue weighted by atomic mass is 16.1. The number of unbranched alkanes of at least 4 members (excludes halogenated alkanes) is 2. The molecular weight excluding hydrogens is 312 g/mol. The standard InChI is InChI=1S/C21H26N2O2/c1-2-3-7-14-22-16-20(24)18-12-10-17(11-13-18)15-23-21(25)19-8-5-4-6-9-19/h4-6,8-13,22H,2-3,7,14-16H2,1H3,(H,23,25). The van der Waals surface area contributed by atoms with Gasteiger partial charge in [-0.25, -0.2) is 0 Å².